The second-order valence-electron chi connectivity index (χ2n) is 2.73. The van der Waals surface area contributed by atoms with E-state index in [1.54, 1.807) is 6.92 Å². The fourth-order valence-electron chi connectivity index (χ4n) is 0.947. The summed E-state index contributed by atoms with van der Waals surface area (Å²) in [5, 5.41) is 11.0. The fraction of sp³-hybridized carbons (Fsp3) is 0.429. The van der Waals surface area contributed by atoms with Gasteiger partial charge in [0.15, 0.2) is 11.0 Å². The first-order valence-electron chi connectivity index (χ1n) is 4.08. The van der Waals surface area contributed by atoms with Gasteiger partial charge in [0.05, 0.1) is 5.25 Å². The van der Waals surface area contributed by atoms with Crippen LogP contribution < -0.4 is 0 Å². The van der Waals surface area contributed by atoms with Crippen LogP contribution in [0, 0.1) is 6.92 Å². The van der Waals surface area contributed by atoms with Gasteiger partial charge in [-0.3, -0.25) is 5.10 Å². The number of aromatic amines is 1. The second-order valence-corrected chi connectivity index (χ2v) is 4.06. The average Bonchev–Trinajstić information content (AvgIpc) is 2.75. The van der Waals surface area contributed by atoms with Gasteiger partial charge >= 0.3 is 0 Å². The first-order chi connectivity index (χ1) is 6.75. The van der Waals surface area contributed by atoms with E-state index in [1.807, 2.05) is 6.92 Å². The van der Waals surface area contributed by atoms with E-state index in [9.17, 15) is 0 Å². The van der Waals surface area contributed by atoms with Crippen molar-refractivity contribution in [2.24, 2.45) is 0 Å². The number of hydrogen-bond donors (Lipinski definition) is 1. The zero-order chi connectivity index (χ0) is 9.97. The Morgan fingerprint density at radius 2 is 2.43 bits per heavy atom. The Labute approximate surface area is 84.5 Å². The molecule has 0 fully saturated rings. The Bertz CT molecular complexity index is 398. The van der Waals surface area contributed by atoms with Crippen molar-refractivity contribution in [3.05, 3.63) is 18.0 Å². The number of nitrogens with one attached hydrogen (secondary N) is 1. The van der Waals surface area contributed by atoms with Crippen LogP contribution in [0.5, 0.6) is 0 Å². The van der Waals surface area contributed by atoms with Crippen LogP contribution in [0.1, 0.15) is 23.9 Å². The molecule has 0 amide bonds. The van der Waals surface area contributed by atoms with Gasteiger partial charge in [0.25, 0.3) is 0 Å². The smallest absolute Gasteiger partial charge is 0.239 e. The molecule has 7 heteroatoms. The number of aryl methyl sites for hydroxylation is 1. The summed E-state index contributed by atoms with van der Waals surface area (Å²) in [4.78, 5) is 8.13. The van der Waals surface area contributed by atoms with Gasteiger partial charge in [0.2, 0.25) is 5.89 Å². The van der Waals surface area contributed by atoms with Crippen molar-refractivity contribution in [3.8, 4) is 0 Å². The zero-order valence-electron chi connectivity index (χ0n) is 7.76. The Morgan fingerprint density at radius 3 is 3.00 bits per heavy atom. The molecule has 0 aromatic carbocycles. The summed E-state index contributed by atoms with van der Waals surface area (Å²) < 4.78 is 5.03. The lowest BCUT2D eigenvalue weighted by molar-refractivity contribution is 0.376. The maximum atomic E-state index is 5.03. The molecule has 1 atom stereocenters. The van der Waals surface area contributed by atoms with E-state index in [2.05, 4.69) is 25.3 Å². The molecule has 2 rings (SSSR count). The number of thioether (sulfide) groups is 1. The predicted molar refractivity (Wildman–Crippen MR) is 49.7 cm³/mol. The highest BCUT2D eigenvalue weighted by Crippen LogP contribution is 2.30. The van der Waals surface area contributed by atoms with Crippen molar-refractivity contribution in [2.45, 2.75) is 24.3 Å². The van der Waals surface area contributed by atoms with Gasteiger partial charge in [-0.1, -0.05) is 16.9 Å². The second kappa shape index (κ2) is 3.79. The lowest BCUT2D eigenvalue weighted by atomic mass is 10.5. The summed E-state index contributed by atoms with van der Waals surface area (Å²) in [6, 6.07) is 0. The first kappa shape index (κ1) is 9.20. The zero-order valence-corrected chi connectivity index (χ0v) is 8.58. The van der Waals surface area contributed by atoms with Crippen LogP contribution in [0.2, 0.25) is 0 Å². The molecule has 2 aromatic heterocycles. The highest BCUT2D eigenvalue weighted by atomic mass is 32.2. The summed E-state index contributed by atoms with van der Waals surface area (Å²) in [6.45, 7) is 3.76. The lowest BCUT2D eigenvalue weighted by Gasteiger charge is -2.01. The Balaban J connectivity index is 2.06. The monoisotopic (exact) mass is 211 g/mol. The minimum atomic E-state index is 0.0733. The molecular weight excluding hydrogens is 202 g/mol. The number of aromatic nitrogens is 5. The molecular formula is C7H9N5OS. The summed E-state index contributed by atoms with van der Waals surface area (Å²) >= 11 is 1.49. The van der Waals surface area contributed by atoms with Gasteiger partial charge in [-0.05, 0) is 13.8 Å². The van der Waals surface area contributed by atoms with E-state index in [4.69, 9.17) is 4.52 Å². The molecule has 0 bridgehead atoms. The summed E-state index contributed by atoms with van der Waals surface area (Å²) in [7, 11) is 0. The van der Waals surface area contributed by atoms with Crippen molar-refractivity contribution >= 4 is 11.8 Å². The van der Waals surface area contributed by atoms with Crippen LogP contribution in [0.15, 0.2) is 16.0 Å². The van der Waals surface area contributed by atoms with E-state index < -0.39 is 0 Å². The van der Waals surface area contributed by atoms with E-state index in [-0.39, 0.29) is 5.25 Å². The van der Waals surface area contributed by atoms with Gasteiger partial charge in [0, 0.05) is 0 Å². The summed E-state index contributed by atoms with van der Waals surface area (Å²) in [6.07, 6.45) is 1.47. The van der Waals surface area contributed by atoms with Crippen molar-refractivity contribution in [1.82, 2.24) is 25.3 Å². The molecule has 0 aliphatic rings. The average molecular weight is 211 g/mol. The van der Waals surface area contributed by atoms with Crippen LogP contribution in [0.25, 0.3) is 0 Å². The van der Waals surface area contributed by atoms with Gasteiger partial charge in [-0.25, -0.2) is 4.98 Å². The molecule has 1 N–H and O–H groups in total. The summed E-state index contributed by atoms with van der Waals surface area (Å²) in [5.74, 6) is 1.24. The Kier molecular flexibility index (Phi) is 2.49. The Morgan fingerprint density at radius 1 is 1.57 bits per heavy atom. The number of H-pyrrole nitrogens is 1. The largest absolute Gasteiger partial charge is 0.338 e. The highest BCUT2D eigenvalue weighted by molar-refractivity contribution is 7.99. The molecule has 0 spiro atoms. The summed E-state index contributed by atoms with van der Waals surface area (Å²) in [5.41, 5.74) is 0. The molecule has 74 valence electrons. The van der Waals surface area contributed by atoms with Gasteiger partial charge in [-0.2, -0.15) is 10.1 Å². The van der Waals surface area contributed by atoms with Crippen LogP contribution in [0.4, 0.5) is 0 Å². The molecule has 0 aliphatic carbocycles. The molecule has 0 unspecified atom stereocenters. The number of nitrogens with zero attached hydrogens (tertiary/aromatic N) is 4. The molecule has 0 saturated heterocycles. The topological polar surface area (TPSA) is 80.5 Å². The quantitative estimate of drug-likeness (QED) is 0.772. The third kappa shape index (κ3) is 1.92. The van der Waals surface area contributed by atoms with Crippen molar-refractivity contribution in [3.63, 3.8) is 0 Å². The number of hydrogen-bond acceptors (Lipinski definition) is 6. The first-order valence-corrected chi connectivity index (χ1v) is 4.96. The lowest BCUT2D eigenvalue weighted by Crippen LogP contribution is -1.89. The molecule has 0 saturated carbocycles. The van der Waals surface area contributed by atoms with Crippen molar-refractivity contribution < 1.29 is 4.52 Å². The van der Waals surface area contributed by atoms with Crippen molar-refractivity contribution in [1.29, 1.82) is 0 Å². The van der Waals surface area contributed by atoms with E-state index >= 15 is 0 Å². The minimum absolute atomic E-state index is 0.0733. The molecule has 0 aliphatic heterocycles. The fourth-order valence-corrected chi connectivity index (χ4v) is 1.69. The predicted octanol–water partition coefficient (Wildman–Crippen LogP) is 1.35. The minimum Gasteiger partial charge on any atom is -0.338 e. The SMILES string of the molecule is Cc1noc([C@@H](C)Sc2ncn[nH]2)n1. The van der Waals surface area contributed by atoms with Gasteiger partial charge < -0.3 is 4.52 Å². The third-order valence-electron chi connectivity index (χ3n) is 1.57. The van der Waals surface area contributed by atoms with Crippen LogP contribution in [0.3, 0.4) is 0 Å². The van der Waals surface area contributed by atoms with Crippen LogP contribution in [-0.4, -0.2) is 25.3 Å². The maximum Gasteiger partial charge on any atom is 0.239 e. The van der Waals surface area contributed by atoms with Gasteiger partial charge in [0.1, 0.15) is 6.33 Å². The molecule has 2 aromatic rings. The van der Waals surface area contributed by atoms with Crippen LogP contribution in [-0.2, 0) is 0 Å². The standard InChI is InChI=1S/C7H9N5OS/c1-4(6-10-5(2)12-13-6)14-7-8-3-9-11-7/h3-4H,1-2H3,(H,8,9,11)/t4-/m1/s1. The number of rotatable bonds is 3. The molecule has 6 nitrogen and oxygen atoms in total. The molecule has 14 heavy (non-hydrogen) atoms. The van der Waals surface area contributed by atoms with Crippen LogP contribution >= 0.6 is 11.8 Å². The normalized spacial score (nSPS) is 13.0. The van der Waals surface area contributed by atoms with Gasteiger partial charge in [-0.15, -0.1) is 0 Å². The van der Waals surface area contributed by atoms with E-state index in [0.29, 0.717) is 11.7 Å². The third-order valence-corrected chi connectivity index (χ3v) is 2.55. The highest BCUT2D eigenvalue weighted by Gasteiger charge is 2.15. The maximum absolute atomic E-state index is 5.03. The molecule has 2 heterocycles. The van der Waals surface area contributed by atoms with E-state index in [1.165, 1.54) is 18.1 Å². The Hall–Kier alpha value is -1.37. The van der Waals surface area contributed by atoms with Crippen molar-refractivity contribution in [2.75, 3.05) is 0 Å². The van der Waals surface area contributed by atoms with E-state index in [0.717, 1.165) is 5.16 Å². The molecule has 0 radical (unpaired) electrons.